The zero-order valence-corrected chi connectivity index (χ0v) is 15.3. The molecule has 0 radical (unpaired) electrons. The van der Waals surface area contributed by atoms with Gasteiger partial charge in [-0.3, -0.25) is 9.59 Å². The molecule has 0 fully saturated rings. The zero-order valence-electron chi connectivity index (χ0n) is 15.3. The van der Waals surface area contributed by atoms with Crippen LogP contribution in [0.2, 0.25) is 0 Å². The van der Waals surface area contributed by atoms with Crippen LogP contribution in [0.4, 0.5) is 0 Å². The Morgan fingerprint density at radius 3 is 2.21 bits per heavy atom. The fourth-order valence-electron chi connectivity index (χ4n) is 2.41. The molecule has 0 spiro atoms. The molecule has 5 heteroatoms. The Morgan fingerprint density at radius 2 is 1.71 bits per heavy atom. The van der Waals surface area contributed by atoms with Crippen molar-refractivity contribution in [2.24, 2.45) is 11.7 Å². The van der Waals surface area contributed by atoms with E-state index in [1.54, 1.807) is 0 Å². The number of hydrogen-bond acceptors (Lipinski definition) is 3. The fourth-order valence-corrected chi connectivity index (χ4v) is 2.41. The predicted molar refractivity (Wildman–Crippen MR) is 97.4 cm³/mol. The molecular weight excluding hydrogens is 302 g/mol. The molecule has 4 N–H and O–H groups in total. The van der Waals surface area contributed by atoms with Crippen LogP contribution in [0.5, 0.6) is 0 Å². The number of hydrogen-bond donors (Lipinski definition) is 3. The van der Waals surface area contributed by atoms with Gasteiger partial charge in [-0.15, -0.1) is 0 Å². The van der Waals surface area contributed by atoms with Crippen LogP contribution in [-0.4, -0.2) is 29.9 Å². The summed E-state index contributed by atoms with van der Waals surface area (Å²) in [6.07, 6.45) is 1.84. The van der Waals surface area contributed by atoms with Crippen LogP contribution < -0.4 is 16.4 Å². The molecule has 0 aliphatic rings. The van der Waals surface area contributed by atoms with Crippen LogP contribution in [0.15, 0.2) is 30.3 Å². The molecular formula is C19H31N3O2. The van der Waals surface area contributed by atoms with Crippen LogP contribution in [0.1, 0.15) is 46.1 Å². The van der Waals surface area contributed by atoms with Gasteiger partial charge in [0.15, 0.2) is 0 Å². The van der Waals surface area contributed by atoms with Gasteiger partial charge in [0.2, 0.25) is 11.8 Å². The number of benzene rings is 1. The minimum Gasteiger partial charge on any atom is -0.352 e. The third kappa shape index (κ3) is 6.32. The quantitative estimate of drug-likeness (QED) is 0.646. The van der Waals surface area contributed by atoms with E-state index in [2.05, 4.69) is 10.6 Å². The molecule has 24 heavy (non-hydrogen) atoms. The van der Waals surface area contributed by atoms with Crippen LogP contribution >= 0.6 is 0 Å². The molecule has 1 aromatic rings. The van der Waals surface area contributed by atoms with Crippen molar-refractivity contribution in [2.75, 3.05) is 6.54 Å². The first kappa shape index (κ1) is 20.2. The third-order valence-electron chi connectivity index (χ3n) is 4.50. The number of carbonyl (C=O) groups excluding carboxylic acids is 2. The van der Waals surface area contributed by atoms with E-state index in [0.29, 0.717) is 6.54 Å². The maximum atomic E-state index is 12.5. The molecule has 0 bridgehead atoms. The summed E-state index contributed by atoms with van der Waals surface area (Å²) in [5, 5.41) is 5.74. The van der Waals surface area contributed by atoms with E-state index in [1.807, 2.05) is 58.0 Å². The van der Waals surface area contributed by atoms with Crippen molar-refractivity contribution in [3.8, 4) is 0 Å². The van der Waals surface area contributed by atoms with E-state index in [4.69, 9.17) is 5.73 Å². The third-order valence-corrected chi connectivity index (χ3v) is 4.50. The highest BCUT2D eigenvalue weighted by Gasteiger charge is 2.27. The molecule has 0 heterocycles. The van der Waals surface area contributed by atoms with Crippen LogP contribution in [-0.2, 0) is 16.0 Å². The average Bonchev–Trinajstić information content (AvgIpc) is 2.58. The van der Waals surface area contributed by atoms with Crippen LogP contribution in [0, 0.1) is 5.92 Å². The lowest BCUT2D eigenvalue weighted by atomic mass is 9.94. The molecule has 0 aromatic heterocycles. The minimum absolute atomic E-state index is 0.000140. The van der Waals surface area contributed by atoms with Gasteiger partial charge in [0.1, 0.15) is 6.04 Å². The summed E-state index contributed by atoms with van der Waals surface area (Å²) in [5.74, 6) is -0.330. The molecule has 0 saturated carbocycles. The lowest BCUT2D eigenvalue weighted by Gasteiger charge is -2.29. The molecule has 1 rings (SSSR count). The predicted octanol–water partition coefficient (Wildman–Crippen LogP) is 2.00. The highest BCUT2D eigenvalue weighted by molar-refractivity contribution is 5.88. The smallest absolute Gasteiger partial charge is 0.242 e. The van der Waals surface area contributed by atoms with E-state index in [-0.39, 0.29) is 24.2 Å². The highest BCUT2D eigenvalue weighted by atomic mass is 16.2. The molecule has 1 atom stereocenters. The molecule has 134 valence electrons. The lowest BCUT2D eigenvalue weighted by molar-refractivity contribution is -0.129. The lowest BCUT2D eigenvalue weighted by Crippen LogP contribution is -2.55. The molecule has 2 amide bonds. The van der Waals surface area contributed by atoms with E-state index in [1.165, 1.54) is 0 Å². The van der Waals surface area contributed by atoms with E-state index in [9.17, 15) is 9.59 Å². The Bertz CT molecular complexity index is 525. The van der Waals surface area contributed by atoms with Crippen molar-refractivity contribution in [2.45, 2.75) is 58.5 Å². The Kier molecular flexibility index (Phi) is 7.92. The van der Waals surface area contributed by atoms with Gasteiger partial charge in [-0.1, -0.05) is 58.0 Å². The van der Waals surface area contributed by atoms with Gasteiger partial charge in [0.25, 0.3) is 0 Å². The van der Waals surface area contributed by atoms with Crippen molar-refractivity contribution in [3.63, 3.8) is 0 Å². The monoisotopic (exact) mass is 333 g/mol. The van der Waals surface area contributed by atoms with Crippen molar-refractivity contribution in [3.05, 3.63) is 35.9 Å². The van der Waals surface area contributed by atoms with E-state index >= 15 is 0 Å². The number of carbonyl (C=O) groups is 2. The Labute approximate surface area is 145 Å². The zero-order chi connectivity index (χ0) is 18.2. The van der Waals surface area contributed by atoms with Crippen molar-refractivity contribution in [1.82, 2.24) is 10.6 Å². The second-order valence-corrected chi connectivity index (χ2v) is 6.74. The molecule has 1 unspecified atom stereocenters. The summed E-state index contributed by atoms with van der Waals surface area (Å²) < 4.78 is 0. The maximum Gasteiger partial charge on any atom is 0.242 e. The highest BCUT2D eigenvalue weighted by Crippen LogP contribution is 2.10. The largest absolute Gasteiger partial charge is 0.352 e. The van der Waals surface area contributed by atoms with Gasteiger partial charge in [0, 0.05) is 12.1 Å². The van der Waals surface area contributed by atoms with Crippen molar-refractivity contribution >= 4 is 11.8 Å². The SMILES string of the molecule is CCC(N)(CC)CNC(=O)C(NC(=O)Cc1ccccc1)C(C)C. The number of nitrogens with one attached hydrogen (secondary N) is 2. The molecule has 0 aliphatic carbocycles. The first-order valence-corrected chi connectivity index (χ1v) is 8.71. The number of nitrogens with two attached hydrogens (primary N) is 1. The van der Waals surface area contributed by atoms with Gasteiger partial charge in [-0.05, 0) is 24.3 Å². The van der Waals surface area contributed by atoms with Gasteiger partial charge in [-0.25, -0.2) is 0 Å². The molecule has 0 aliphatic heterocycles. The minimum atomic E-state index is -0.556. The van der Waals surface area contributed by atoms with E-state index < -0.39 is 11.6 Å². The van der Waals surface area contributed by atoms with Crippen LogP contribution in [0.25, 0.3) is 0 Å². The molecule has 5 nitrogen and oxygen atoms in total. The van der Waals surface area contributed by atoms with E-state index in [0.717, 1.165) is 18.4 Å². The van der Waals surface area contributed by atoms with Crippen LogP contribution in [0.3, 0.4) is 0 Å². The average molecular weight is 333 g/mol. The summed E-state index contributed by atoms with van der Waals surface area (Å²) in [4.78, 5) is 24.7. The van der Waals surface area contributed by atoms with Crippen molar-refractivity contribution in [1.29, 1.82) is 0 Å². The van der Waals surface area contributed by atoms with Gasteiger partial charge >= 0.3 is 0 Å². The molecule has 0 saturated heterocycles. The van der Waals surface area contributed by atoms with Gasteiger partial charge in [-0.2, -0.15) is 0 Å². The second kappa shape index (κ2) is 9.42. The standard InChI is InChI=1S/C19H31N3O2/c1-5-19(20,6-2)13-21-18(24)17(14(3)4)22-16(23)12-15-10-8-7-9-11-15/h7-11,14,17H,5-6,12-13,20H2,1-4H3,(H,21,24)(H,22,23). The summed E-state index contributed by atoms with van der Waals surface area (Å²) in [6.45, 7) is 8.27. The Hall–Kier alpha value is -1.88. The summed E-state index contributed by atoms with van der Waals surface area (Å²) >= 11 is 0. The maximum absolute atomic E-state index is 12.5. The first-order chi connectivity index (χ1) is 11.3. The Balaban J connectivity index is 2.62. The number of amides is 2. The molecule has 1 aromatic carbocycles. The Morgan fingerprint density at radius 1 is 1.12 bits per heavy atom. The van der Waals surface area contributed by atoms with Gasteiger partial charge in [0.05, 0.1) is 6.42 Å². The van der Waals surface area contributed by atoms with Crippen molar-refractivity contribution < 1.29 is 9.59 Å². The summed E-state index contributed by atoms with van der Waals surface area (Å²) in [5.41, 5.74) is 6.75. The normalized spacial score (nSPS) is 12.8. The van der Waals surface area contributed by atoms with Gasteiger partial charge < -0.3 is 16.4 Å². The first-order valence-electron chi connectivity index (χ1n) is 8.71. The summed E-state index contributed by atoms with van der Waals surface area (Å²) in [7, 11) is 0. The summed E-state index contributed by atoms with van der Waals surface area (Å²) in [6, 6.07) is 8.94. The number of rotatable bonds is 9. The second-order valence-electron chi connectivity index (χ2n) is 6.74. The topological polar surface area (TPSA) is 84.2 Å². The fraction of sp³-hybridized carbons (Fsp3) is 0.579.